The van der Waals surface area contributed by atoms with E-state index in [9.17, 15) is 4.79 Å². The molecule has 0 bridgehead atoms. The summed E-state index contributed by atoms with van der Waals surface area (Å²) >= 11 is 0. The first-order valence-electron chi connectivity index (χ1n) is 8.56. The lowest BCUT2D eigenvalue weighted by molar-refractivity contribution is 0.102. The van der Waals surface area contributed by atoms with E-state index < -0.39 is 0 Å². The van der Waals surface area contributed by atoms with Crippen molar-refractivity contribution in [3.8, 4) is 11.5 Å². The number of ether oxygens (including phenoxy) is 2. The minimum Gasteiger partial charge on any atom is -0.493 e. The Labute approximate surface area is 158 Å². The molecule has 0 aliphatic heterocycles. The number of anilines is 3. The number of carbonyl (C=O) groups is 1. The number of methoxy groups -OCH3 is 2. The van der Waals surface area contributed by atoms with E-state index in [0.717, 1.165) is 22.6 Å². The van der Waals surface area contributed by atoms with Gasteiger partial charge in [-0.25, -0.2) is 0 Å². The summed E-state index contributed by atoms with van der Waals surface area (Å²) in [7, 11) is 3.21. The maximum Gasteiger partial charge on any atom is 0.255 e. The number of hydrogen-bond acceptors (Lipinski definition) is 4. The summed E-state index contributed by atoms with van der Waals surface area (Å²) in [6.45, 7) is 1.99. The van der Waals surface area contributed by atoms with Crippen LogP contribution in [-0.4, -0.2) is 20.1 Å². The molecule has 0 saturated heterocycles. The van der Waals surface area contributed by atoms with Crippen LogP contribution in [0.25, 0.3) is 0 Å². The molecule has 5 heteroatoms. The molecule has 1 amide bonds. The van der Waals surface area contributed by atoms with Crippen LogP contribution in [0, 0.1) is 6.92 Å². The van der Waals surface area contributed by atoms with Gasteiger partial charge in [0.15, 0.2) is 11.5 Å². The second kappa shape index (κ2) is 8.27. The van der Waals surface area contributed by atoms with Crippen molar-refractivity contribution in [1.29, 1.82) is 0 Å². The van der Waals surface area contributed by atoms with Crippen LogP contribution in [-0.2, 0) is 0 Å². The van der Waals surface area contributed by atoms with E-state index in [4.69, 9.17) is 9.47 Å². The Kier molecular flexibility index (Phi) is 5.61. The summed E-state index contributed by atoms with van der Waals surface area (Å²) in [6, 6.07) is 20.6. The Hall–Kier alpha value is -3.47. The number of benzene rings is 3. The van der Waals surface area contributed by atoms with E-state index >= 15 is 0 Å². The minimum atomic E-state index is -0.129. The third-order valence-electron chi connectivity index (χ3n) is 4.13. The molecule has 0 aliphatic carbocycles. The molecule has 0 atom stereocenters. The van der Waals surface area contributed by atoms with Crippen molar-refractivity contribution in [3.63, 3.8) is 0 Å². The van der Waals surface area contributed by atoms with Gasteiger partial charge in [0.25, 0.3) is 5.91 Å². The molecule has 0 aliphatic rings. The van der Waals surface area contributed by atoms with Crippen molar-refractivity contribution in [3.05, 3.63) is 77.9 Å². The Balaban J connectivity index is 1.66. The highest BCUT2D eigenvalue weighted by Crippen LogP contribution is 2.31. The predicted molar refractivity (Wildman–Crippen MR) is 108 cm³/mol. The first kappa shape index (κ1) is 18.3. The lowest BCUT2D eigenvalue weighted by atomic mass is 10.1. The SMILES string of the molecule is COc1ccc(Nc2ccc(NC(=O)c3ccc(C)cc3)cc2)cc1OC. The van der Waals surface area contributed by atoms with Crippen molar-refractivity contribution in [2.24, 2.45) is 0 Å². The highest BCUT2D eigenvalue weighted by Gasteiger charge is 2.07. The fourth-order valence-electron chi connectivity index (χ4n) is 2.63. The zero-order valence-electron chi connectivity index (χ0n) is 15.6. The van der Waals surface area contributed by atoms with Crippen LogP contribution in [0.2, 0.25) is 0 Å². The fourth-order valence-corrected chi connectivity index (χ4v) is 2.63. The Morgan fingerprint density at radius 3 is 1.96 bits per heavy atom. The van der Waals surface area contributed by atoms with Gasteiger partial charge in [-0.3, -0.25) is 4.79 Å². The molecule has 27 heavy (non-hydrogen) atoms. The monoisotopic (exact) mass is 362 g/mol. The Morgan fingerprint density at radius 1 is 0.741 bits per heavy atom. The van der Waals surface area contributed by atoms with Gasteiger partial charge in [0.1, 0.15) is 0 Å². The summed E-state index contributed by atoms with van der Waals surface area (Å²) < 4.78 is 10.6. The lowest BCUT2D eigenvalue weighted by Gasteiger charge is -2.12. The van der Waals surface area contributed by atoms with Crippen LogP contribution in [0.3, 0.4) is 0 Å². The Morgan fingerprint density at radius 2 is 1.33 bits per heavy atom. The maximum absolute atomic E-state index is 12.3. The molecule has 0 fully saturated rings. The molecular weight excluding hydrogens is 340 g/mol. The van der Waals surface area contributed by atoms with Gasteiger partial charge in [0.2, 0.25) is 0 Å². The molecule has 5 nitrogen and oxygen atoms in total. The molecule has 3 aromatic carbocycles. The topological polar surface area (TPSA) is 59.6 Å². The molecule has 3 rings (SSSR count). The minimum absolute atomic E-state index is 0.129. The quantitative estimate of drug-likeness (QED) is 0.647. The average molecular weight is 362 g/mol. The van der Waals surface area contributed by atoms with Crippen LogP contribution >= 0.6 is 0 Å². The molecule has 0 unspecified atom stereocenters. The van der Waals surface area contributed by atoms with Crippen LogP contribution in [0.1, 0.15) is 15.9 Å². The van der Waals surface area contributed by atoms with Gasteiger partial charge in [-0.05, 0) is 55.5 Å². The number of amides is 1. The molecule has 0 radical (unpaired) electrons. The van der Waals surface area contributed by atoms with E-state index in [-0.39, 0.29) is 5.91 Å². The maximum atomic E-state index is 12.3. The number of carbonyl (C=O) groups excluding carboxylic acids is 1. The van der Waals surface area contributed by atoms with Crippen molar-refractivity contribution < 1.29 is 14.3 Å². The number of rotatable bonds is 6. The molecular formula is C22H22N2O3. The van der Waals surface area contributed by atoms with Gasteiger partial charge in [0.05, 0.1) is 14.2 Å². The first-order valence-corrected chi connectivity index (χ1v) is 8.56. The highest BCUT2D eigenvalue weighted by atomic mass is 16.5. The summed E-state index contributed by atoms with van der Waals surface area (Å²) in [5, 5.41) is 6.20. The molecule has 0 heterocycles. The molecule has 0 spiro atoms. The molecule has 3 aromatic rings. The molecule has 0 saturated carbocycles. The smallest absolute Gasteiger partial charge is 0.255 e. The standard InChI is InChI=1S/C22H22N2O3/c1-15-4-6-16(7-5-15)22(25)24-18-10-8-17(9-11-18)23-19-12-13-20(26-2)21(14-19)27-3/h4-14,23H,1-3H3,(H,24,25). The largest absolute Gasteiger partial charge is 0.493 e. The molecule has 0 aromatic heterocycles. The van der Waals surface area contributed by atoms with Crippen LogP contribution in [0.4, 0.5) is 17.1 Å². The van der Waals surface area contributed by atoms with Gasteiger partial charge in [-0.1, -0.05) is 17.7 Å². The highest BCUT2D eigenvalue weighted by molar-refractivity contribution is 6.04. The zero-order chi connectivity index (χ0) is 19.2. The van der Waals surface area contributed by atoms with Crippen LogP contribution in [0.15, 0.2) is 66.7 Å². The van der Waals surface area contributed by atoms with E-state index in [0.29, 0.717) is 17.1 Å². The molecule has 138 valence electrons. The van der Waals surface area contributed by atoms with Gasteiger partial charge in [0, 0.05) is 28.7 Å². The average Bonchev–Trinajstić information content (AvgIpc) is 2.69. The van der Waals surface area contributed by atoms with Crippen LogP contribution < -0.4 is 20.1 Å². The summed E-state index contributed by atoms with van der Waals surface area (Å²) in [4.78, 5) is 12.3. The van der Waals surface area contributed by atoms with Crippen molar-refractivity contribution in [2.75, 3.05) is 24.9 Å². The predicted octanol–water partition coefficient (Wildman–Crippen LogP) is 5.01. The van der Waals surface area contributed by atoms with Crippen LogP contribution in [0.5, 0.6) is 11.5 Å². The number of nitrogens with one attached hydrogen (secondary N) is 2. The summed E-state index contributed by atoms with van der Waals surface area (Å²) in [6.07, 6.45) is 0. The van der Waals surface area contributed by atoms with Gasteiger partial charge < -0.3 is 20.1 Å². The first-order chi connectivity index (χ1) is 13.1. The van der Waals surface area contributed by atoms with Gasteiger partial charge in [-0.15, -0.1) is 0 Å². The molecule has 2 N–H and O–H groups in total. The van der Waals surface area contributed by atoms with E-state index in [1.807, 2.05) is 73.7 Å². The number of aryl methyl sites for hydroxylation is 1. The summed E-state index contributed by atoms with van der Waals surface area (Å²) in [5.41, 5.74) is 4.27. The third-order valence-corrected chi connectivity index (χ3v) is 4.13. The fraction of sp³-hybridized carbons (Fsp3) is 0.136. The lowest BCUT2D eigenvalue weighted by Crippen LogP contribution is -2.11. The van der Waals surface area contributed by atoms with Crippen molar-refractivity contribution in [1.82, 2.24) is 0 Å². The van der Waals surface area contributed by atoms with E-state index in [2.05, 4.69) is 10.6 Å². The van der Waals surface area contributed by atoms with E-state index in [1.165, 1.54) is 0 Å². The zero-order valence-corrected chi connectivity index (χ0v) is 15.6. The summed E-state index contributed by atoms with van der Waals surface area (Å²) in [5.74, 6) is 1.21. The third kappa shape index (κ3) is 4.58. The van der Waals surface area contributed by atoms with E-state index in [1.54, 1.807) is 14.2 Å². The normalized spacial score (nSPS) is 10.2. The van der Waals surface area contributed by atoms with Crippen molar-refractivity contribution >= 4 is 23.0 Å². The Bertz CT molecular complexity index is 919. The second-order valence-electron chi connectivity index (χ2n) is 6.09. The van der Waals surface area contributed by atoms with Crippen molar-refractivity contribution in [2.45, 2.75) is 6.92 Å². The van der Waals surface area contributed by atoms with Gasteiger partial charge >= 0.3 is 0 Å². The number of hydrogen-bond donors (Lipinski definition) is 2. The second-order valence-corrected chi connectivity index (χ2v) is 6.09. The van der Waals surface area contributed by atoms with Gasteiger partial charge in [-0.2, -0.15) is 0 Å².